The van der Waals surface area contributed by atoms with Gasteiger partial charge in [0.15, 0.2) is 0 Å². The van der Waals surface area contributed by atoms with E-state index in [1.165, 1.54) is 30.0 Å². The molecule has 3 N–H and O–H groups in total. The average Bonchev–Trinajstić information content (AvgIpc) is 2.22. The molecule has 16 heavy (non-hydrogen) atoms. The van der Waals surface area contributed by atoms with Crippen LogP contribution >= 0.6 is 23.4 Å². The molecular weight excluding hydrogens is 253 g/mol. The third-order valence-corrected chi connectivity index (χ3v) is 3.22. The van der Waals surface area contributed by atoms with E-state index >= 15 is 0 Å². The van der Waals surface area contributed by atoms with Crippen LogP contribution in [0.2, 0.25) is 5.02 Å². The minimum atomic E-state index is -1.06. The first-order valence-electron chi connectivity index (χ1n) is 4.50. The zero-order valence-electron chi connectivity index (χ0n) is 8.32. The van der Waals surface area contributed by atoms with Crippen LogP contribution in [-0.4, -0.2) is 22.9 Å². The van der Waals surface area contributed by atoms with Gasteiger partial charge in [-0.25, -0.2) is 4.39 Å². The molecule has 1 aromatic carbocycles. The number of hydrogen-bond acceptors (Lipinski definition) is 3. The molecule has 88 valence electrons. The van der Waals surface area contributed by atoms with Crippen LogP contribution < -0.4 is 5.73 Å². The first-order valence-corrected chi connectivity index (χ1v) is 6.04. The van der Waals surface area contributed by atoms with Crippen LogP contribution in [0.15, 0.2) is 18.2 Å². The Morgan fingerprint density at radius 1 is 1.62 bits per heavy atom. The number of carboxylic acid groups (broad SMARTS) is 1. The highest BCUT2D eigenvalue weighted by atomic mass is 35.5. The van der Waals surface area contributed by atoms with Gasteiger partial charge in [-0.2, -0.15) is 11.8 Å². The molecule has 0 aliphatic rings. The van der Waals surface area contributed by atoms with Gasteiger partial charge in [-0.1, -0.05) is 11.6 Å². The Morgan fingerprint density at radius 2 is 2.31 bits per heavy atom. The molecule has 0 heterocycles. The predicted octanol–water partition coefficient (Wildman–Crippen LogP) is 2.12. The third-order valence-electron chi connectivity index (χ3n) is 1.88. The number of hydrogen-bond donors (Lipinski definition) is 2. The molecule has 0 radical (unpaired) electrons. The minimum Gasteiger partial charge on any atom is -0.480 e. The molecule has 0 unspecified atom stereocenters. The van der Waals surface area contributed by atoms with Crippen LogP contribution in [0.1, 0.15) is 5.56 Å². The van der Waals surface area contributed by atoms with Gasteiger partial charge in [0.1, 0.15) is 11.9 Å². The van der Waals surface area contributed by atoms with Crippen molar-refractivity contribution in [1.82, 2.24) is 0 Å². The summed E-state index contributed by atoms with van der Waals surface area (Å²) in [5.74, 6) is -0.811. The summed E-state index contributed by atoms with van der Waals surface area (Å²) in [6.07, 6.45) is 0. The van der Waals surface area contributed by atoms with Crippen molar-refractivity contribution < 1.29 is 14.3 Å². The van der Waals surface area contributed by atoms with Gasteiger partial charge in [0, 0.05) is 16.5 Å². The SMILES string of the molecule is N[C@H](CSCc1cc(Cl)ccc1F)C(=O)O. The number of halogens is 2. The van der Waals surface area contributed by atoms with Crippen LogP contribution in [-0.2, 0) is 10.5 Å². The first kappa shape index (κ1) is 13.3. The van der Waals surface area contributed by atoms with Crippen molar-refractivity contribution in [1.29, 1.82) is 0 Å². The molecule has 0 aliphatic heterocycles. The molecule has 0 fully saturated rings. The number of thioether (sulfide) groups is 1. The number of rotatable bonds is 5. The van der Waals surface area contributed by atoms with Gasteiger partial charge in [0.05, 0.1) is 0 Å². The highest BCUT2D eigenvalue weighted by molar-refractivity contribution is 7.98. The lowest BCUT2D eigenvalue weighted by atomic mass is 10.2. The van der Waals surface area contributed by atoms with Gasteiger partial charge in [-0.15, -0.1) is 0 Å². The maximum absolute atomic E-state index is 13.2. The fourth-order valence-corrected chi connectivity index (χ4v) is 2.17. The van der Waals surface area contributed by atoms with Gasteiger partial charge in [-0.05, 0) is 23.8 Å². The van der Waals surface area contributed by atoms with E-state index in [4.69, 9.17) is 22.4 Å². The quantitative estimate of drug-likeness (QED) is 0.854. The third kappa shape index (κ3) is 4.00. The predicted molar refractivity (Wildman–Crippen MR) is 63.2 cm³/mol. The number of carboxylic acids is 1. The topological polar surface area (TPSA) is 63.3 Å². The highest BCUT2D eigenvalue weighted by Gasteiger charge is 2.11. The summed E-state index contributed by atoms with van der Waals surface area (Å²) in [6, 6.07) is 3.35. The van der Waals surface area contributed by atoms with Crippen LogP contribution in [0.4, 0.5) is 4.39 Å². The Balaban J connectivity index is 2.48. The second kappa shape index (κ2) is 6.08. The molecule has 0 saturated heterocycles. The van der Waals surface area contributed by atoms with Crippen molar-refractivity contribution in [2.24, 2.45) is 5.73 Å². The molecule has 3 nitrogen and oxygen atoms in total. The second-order valence-corrected chi connectivity index (χ2v) is 4.66. The highest BCUT2D eigenvalue weighted by Crippen LogP contribution is 2.20. The molecule has 1 atom stereocenters. The molecule has 0 aliphatic carbocycles. The van der Waals surface area contributed by atoms with E-state index in [9.17, 15) is 9.18 Å². The zero-order chi connectivity index (χ0) is 12.1. The number of nitrogens with two attached hydrogens (primary N) is 1. The second-order valence-electron chi connectivity index (χ2n) is 3.20. The van der Waals surface area contributed by atoms with E-state index in [1.807, 2.05) is 0 Å². The number of carbonyl (C=O) groups is 1. The van der Waals surface area contributed by atoms with E-state index < -0.39 is 12.0 Å². The molecule has 0 amide bonds. The van der Waals surface area contributed by atoms with Gasteiger partial charge in [0.2, 0.25) is 0 Å². The lowest BCUT2D eigenvalue weighted by Gasteiger charge is -2.06. The fraction of sp³-hybridized carbons (Fsp3) is 0.300. The van der Waals surface area contributed by atoms with Crippen LogP contribution in [0.3, 0.4) is 0 Å². The molecule has 0 spiro atoms. The van der Waals surface area contributed by atoms with Crippen LogP contribution in [0.25, 0.3) is 0 Å². The zero-order valence-corrected chi connectivity index (χ0v) is 9.89. The number of benzene rings is 1. The van der Waals surface area contributed by atoms with Crippen molar-refractivity contribution >= 4 is 29.3 Å². The normalized spacial score (nSPS) is 12.4. The Hall–Kier alpha value is -0.780. The van der Waals surface area contributed by atoms with E-state index in [-0.39, 0.29) is 11.6 Å². The minimum absolute atomic E-state index is 0.237. The maximum Gasteiger partial charge on any atom is 0.321 e. The van der Waals surface area contributed by atoms with Gasteiger partial charge >= 0.3 is 5.97 Å². The summed E-state index contributed by atoms with van der Waals surface area (Å²) >= 11 is 6.98. The van der Waals surface area contributed by atoms with Crippen molar-refractivity contribution in [3.05, 3.63) is 34.6 Å². The smallest absolute Gasteiger partial charge is 0.321 e. The van der Waals surface area contributed by atoms with Gasteiger partial charge in [-0.3, -0.25) is 4.79 Å². The standard InChI is InChI=1S/C10H11ClFNO2S/c11-7-1-2-8(12)6(3-7)4-16-5-9(13)10(14)15/h1-3,9H,4-5,13H2,(H,14,15)/t9-/m1/s1. The van der Waals surface area contributed by atoms with E-state index in [0.717, 1.165) is 0 Å². The lowest BCUT2D eigenvalue weighted by molar-refractivity contribution is -0.137. The molecule has 0 aromatic heterocycles. The maximum atomic E-state index is 13.2. The number of aliphatic carboxylic acids is 1. The molecule has 1 rings (SSSR count). The van der Waals surface area contributed by atoms with Crippen LogP contribution in [0.5, 0.6) is 0 Å². The molecule has 1 aromatic rings. The largest absolute Gasteiger partial charge is 0.480 e. The van der Waals surface area contributed by atoms with Crippen molar-refractivity contribution in [3.63, 3.8) is 0 Å². The van der Waals surface area contributed by atoms with Gasteiger partial charge in [0.25, 0.3) is 0 Å². The summed E-state index contributed by atoms with van der Waals surface area (Å²) < 4.78 is 13.2. The van der Waals surface area contributed by atoms with E-state index in [2.05, 4.69) is 0 Å². The van der Waals surface area contributed by atoms with Crippen molar-refractivity contribution in [2.45, 2.75) is 11.8 Å². The molecule has 6 heteroatoms. The lowest BCUT2D eigenvalue weighted by Crippen LogP contribution is -2.32. The molecule has 0 saturated carbocycles. The molecule has 0 bridgehead atoms. The Morgan fingerprint density at radius 3 is 2.94 bits per heavy atom. The summed E-state index contributed by atoms with van der Waals surface area (Å²) in [7, 11) is 0. The van der Waals surface area contributed by atoms with Crippen molar-refractivity contribution in [2.75, 3.05) is 5.75 Å². The summed E-state index contributed by atoms with van der Waals surface area (Å²) in [5, 5.41) is 9.00. The van der Waals surface area contributed by atoms with Crippen LogP contribution in [0, 0.1) is 5.82 Å². The summed E-state index contributed by atoms with van der Waals surface area (Å²) in [4.78, 5) is 10.4. The fourth-order valence-electron chi connectivity index (χ4n) is 1.02. The first-order chi connectivity index (χ1) is 7.50. The monoisotopic (exact) mass is 263 g/mol. The molecular formula is C10H11ClFNO2S. The Kier molecular flexibility index (Phi) is 5.05. The van der Waals surface area contributed by atoms with Gasteiger partial charge < -0.3 is 10.8 Å². The van der Waals surface area contributed by atoms with Crippen molar-refractivity contribution in [3.8, 4) is 0 Å². The van der Waals surface area contributed by atoms with E-state index in [0.29, 0.717) is 16.3 Å². The summed E-state index contributed by atoms with van der Waals surface area (Å²) in [5.41, 5.74) is 5.76. The average molecular weight is 264 g/mol. The van der Waals surface area contributed by atoms with E-state index in [1.54, 1.807) is 0 Å². The summed E-state index contributed by atoms with van der Waals surface area (Å²) in [6.45, 7) is 0. The Labute approximate surface area is 102 Å². The Bertz CT molecular complexity index is 389.